The predicted molar refractivity (Wildman–Crippen MR) is 91.5 cm³/mol. The number of esters is 1. The van der Waals surface area contributed by atoms with Crippen LogP contribution >= 0.6 is 0 Å². The first-order valence-corrected chi connectivity index (χ1v) is 9.29. The summed E-state index contributed by atoms with van der Waals surface area (Å²) in [5, 5.41) is 13.6. The van der Waals surface area contributed by atoms with Gasteiger partial charge in [0, 0.05) is 16.9 Å². The molecule has 0 amide bonds. The molecule has 0 spiro atoms. The van der Waals surface area contributed by atoms with Crippen LogP contribution in [-0.2, 0) is 23.8 Å². The van der Waals surface area contributed by atoms with Crippen molar-refractivity contribution >= 4 is 16.1 Å². The molecule has 0 fully saturated rings. The second kappa shape index (κ2) is 8.33. The number of hydrogen-bond acceptors (Lipinski definition) is 7. The summed E-state index contributed by atoms with van der Waals surface area (Å²) in [6, 6.07) is 4.77. The smallest absolute Gasteiger partial charge is 0.333 e. The highest BCUT2D eigenvalue weighted by molar-refractivity contribution is 7.86. The van der Waals surface area contributed by atoms with Crippen LogP contribution < -0.4 is 0 Å². The van der Waals surface area contributed by atoms with Gasteiger partial charge in [-0.1, -0.05) is 22.8 Å². The number of nitrogens with zero attached hydrogens (tertiary/aromatic N) is 3. The Labute approximate surface area is 151 Å². The lowest BCUT2D eigenvalue weighted by Crippen LogP contribution is -2.42. The van der Waals surface area contributed by atoms with Gasteiger partial charge in [-0.3, -0.25) is 4.18 Å². The lowest BCUT2D eigenvalue weighted by Gasteiger charge is -2.30. The van der Waals surface area contributed by atoms with Gasteiger partial charge in [-0.05, 0) is 37.6 Å². The maximum Gasteiger partial charge on any atom is 0.333 e. The Bertz CT molecular complexity index is 843. The first kappa shape index (κ1) is 19.9. The van der Waals surface area contributed by atoms with Crippen LogP contribution in [-0.4, -0.2) is 44.4 Å². The number of aliphatic hydroxyl groups excluding tert-OH is 1. The number of carbonyl (C=O) groups excluding carboxylic acids is 1. The van der Waals surface area contributed by atoms with E-state index in [1.165, 1.54) is 18.2 Å². The standard InChI is InChI=1S/C16H19N3O6S/c1-3-24-16(21)11-8-13(20)15(18-19-17)14(9-11)25-26(22,23)12-6-4-10(2)5-7-12/h4-7,9,13-15,20H,3,8H2,1-2H3/t13-,14+,15-/m1/s1. The zero-order valence-electron chi connectivity index (χ0n) is 14.3. The Morgan fingerprint density at radius 2 is 2.04 bits per heavy atom. The summed E-state index contributed by atoms with van der Waals surface area (Å²) >= 11 is 0. The van der Waals surface area contributed by atoms with Gasteiger partial charge < -0.3 is 9.84 Å². The first-order chi connectivity index (χ1) is 12.3. The SMILES string of the molecule is CCOC(=O)C1=C[C@H](OS(=O)(=O)c2ccc(C)cc2)[C@H](N=[N+]=[N-])[C@H](O)C1. The van der Waals surface area contributed by atoms with E-state index in [1.54, 1.807) is 26.0 Å². The molecule has 140 valence electrons. The van der Waals surface area contributed by atoms with Crippen molar-refractivity contribution in [3.8, 4) is 0 Å². The van der Waals surface area contributed by atoms with Crippen LogP contribution in [0.25, 0.3) is 10.4 Å². The summed E-state index contributed by atoms with van der Waals surface area (Å²) in [7, 11) is -4.20. The summed E-state index contributed by atoms with van der Waals surface area (Å²) < 4.78 is 35.0. The van der Waals surface area contributed by atoms with E-state index in [0.717, 1.165) is 5.56 Å². The fraction of sp³-hybridized carbons (Fsp3) is 0.438. The average molecular weight is 381 g/mol. The monoisotopic (exact) mass is 381 g/mol. The van der Waals surface area contributed by atoms with Crippen molar-refractivity contribution in [2.45, 2.75) is 43.4 Å². The number of carbonyl (C=O) groups is 1. The normalized spacial score (nSPS) is 22.9. The molecular formula is C16H19N3O6S. The van der Waals surface area contributed by atoms with Crippen LogP contribution in [0.5, 0.6) is 0 Å². The number of rotatable bonds is 6. The van der Waals surface area contributed by atoms with Gasteiger partial charge in [0.1, 0.15) is 6.10 Å². The Kier molecular flexibility index (Phi) is 6.38. The highest BCUT2D eigenvalue weighted by Crippen LogP contribution is 2.28. The molecule has 0 saturated heterocycles. The molecule has 0 heterocycles. The highest BCUT2D eigenvalue weighted by Gasteiger charge is 2.37. The second-order valence-corrected chi connectivity index (χ2v) is 7.28. The molecule has 2 rings (SSSR count). The minimum atomic E-state index is -4.20. The minimum Gasteiger partial charge on any atom is -0.463 e. The predicted octanol–water partition coefficient (Wildman–Crippen LogP) is 2.00. The zero-order valence-corrected chi connectivity index (χ0v) is 15.1. The molecule has 9 nitrogen and oxygen atoms in total. The van der Waals surface area contributed by atoms with E-state index in [4.69, 9.17) is 14.5 Å². The number of hydrogen-bond donors (Lipinski definition) is 1. The molecule has 0 aromatic heterocycles. The van der Waals surface area contributed by atoms with Crippen LogP contribution in [0.4, 0.5) is 0 Å². The molecule has 0 aliphatic heterocycles. The van der Waals surface area contributed by atoms with Gasteiger partial charge in [-0.2, -0.15) is 8.42 Å². The lowest BCUT2D eigenvalue weighted by atomic mass is 9.91. The van der Waals surface area contributed by atoms with E-state index < -0.39 is 34.3 Å². The number of aliphatic hydroxyl groups is 1. The van der Waals surface area contributed by atoms with Crippen molar-refractivity contribution in [3.05, 3.63) is 51.9 Å². The van der Waals surface area contributed by atoms with Crippen molar-refractivity contribution in [3.63, 3.8) is 0 Å². The largest absolute Gasteiger partial charge is 0.463 e. The third kappa shape index (κ3) is 4.61. The van der Waals surface area contributed by atoms with Gasteiger partial charge in [-0.25, -0.2) is 4.79 Å². The molecule has 1 aromatic carbocycles. The number of azide groups is 1. The summed E-state index contributed by atoms with van der Waals surface area (Å²) in [6.07, 6.45) is -1.53. The molecule has 1 aromatic rings. The molecule has 1 N–H and O–H groups in total. The third-order valence-electron chi connectivity index (χ3n) is 3.80. The van der Waals surface area contributed by atoms with Crippen molar-refractivity contribution in [2.24, 2.45) is 5.11 Å². The van der Waals surface area contributed by atoms with Gasteiger partial charge >= 0.3 is 5.97 Å². The van der Waals surface area contributed by atoms with Crippen molar-refractivity contribution < 1.29 is 27.2 Å². The number of benzene rings is 1. The Balaban J connectivity index is 2.37. The van der Waals surface area contributed by atoms with Crippen molar-refractivity contribution in [2.75, 3.05) is 6.61 Å². The van der Waals surface area contributed by atoms with Crippen molar-refractivity contribution in [1.82, 2.24) is 0 Å². The Morgan fingerprint density at radius 3 is 2.62 bits per heavy atom. The van der Waals surface area contributed by atoms with E-state index in [0.29, 0.717) is 0 Å². The van der Waals surface area contributed by atoms with Crippen LogP contribution in [0, 0.1) is 6.92 Å². The van der Waals surface area contributed by atoms with Gasteiger partial charge in [-0.15, -0.1) is 0 Å². The van der Waals surface area contributed by atoms with Gasteiger partial charge in [0.2, 0.25) is 0 Å². The Morgan fingerprint density at radius 1 is 1.38 bits per heavy atom. The second-order valence-electron chi connectivity index (χ2n) is 5.71. The summed E-state index contributed by atoms with van der Waals surface area (Å²) in [5.74, 6) is -0.688. The average Bonchev–Trinajstić information content (AvgIpc) is 2.58. The molecule has 0 saturated carbocycles. The molecule has 0 radical (unpaired) electrons. The van der Waals surface area contributed by atoms with Gasteiger partial charge in [0.05, 0.1) is 23.6 Å². The van der Waals surface area contributed by atoms with E-state index in [-0.39, 0.29) is 23.5 Å². The molecule has 26 heavy (non-hydrogen) atoms. The van der Waals surface area contributed by atoms with Crippen molar-refractivity contribution in [1.29, 1.82) is 0 Å². The molecule has 3 atom stereocenters. The maximum absolute atomic E-state index is 12.5. The third-order valence-corrected chi connectivity index (χ3v) is 5.12. The summed E-state index contributed by atoms with van der Waals surface area (Å²) in [4.78, 5) is 14.5. The molecule has 10 heteroatoms. The maximum atomic E-state index is 12.5. The summed E-state index contributed by atoms with van der Waals surface area (Å²) in [5.41, 5.74) is 9.62. The van der Waals surface area contributed by atoms with E-state index >= 15 is 0 Å². The topological polar surface area (TPSA) is 139 Å². The highest BCUT2D eigenvalue weighted by atomic mass is 32.2. The molecule has 0 unspecified atom stereocenters. The van der Waals surface area contributed by atoms with Gasteiger partial charge in [0.25, 0.3) is 10.1 Å². The minimum absolute atomic E-state index is 0.0628. The Hall–Kier alpha value is -2.39. The number of ether oxygens (including phenoxy) is 1. The first-order valence-electron chi connectivity index (χ1n) is 7.88. The van der Waals surface area contributed by atoms with Gasteiger partial charge in [0.15, 0.2) is 0 Å². The quantitative estimate of drug-likeness (QED) is 0.263. The fourth-order valence-corrected chi connectivity index (χ4v) is 3.54. The van der Waals surface area contributed by atoms with E-state index in [2.05, 4.69) is 10.0 Å². The molecule has 0 bridgehead atoms. The van der Waals surface area contributed by atoms with E-state index in [9.17, 15) is 18.3 Å². The number of aryl methyl sites for hydroxylation is 1. The zero-order chi connectivity index (χ0) is 19.3. The fourth-order valence-electron chi connectivity index (χ4n) is 2.50. The van der Waals surface area contributed by atoms with Crippen LogP contribution in [0.1, 0.15) is 18.9 Å². The van der Waals surface area contributed by atoms with Crippen LogP contribution in [0.2, 0.25) is 0 Å². The molecule has 1 aliphatic carbocycles. The van der Waals surface area contributed by atoms with E-state index in [1.807, 2.05) is 0 Å². The molecular weight excluding hydrogens is 362 g/mol. The molecule has 1 aliphatic rings. The van der Waals surface area contributed by atoms with Crippen LogP contribution in [0.15, 0.2) is 45.9 Å². The summed E-state index contributed by atoms with van der Waals surface area (Å²) in [6.45, 7) is 3.55. The lowest BCUT2D eigenvalue weighted by molar-refractivity contribution is -0.139. The van der Waals surface area contributed by atoms with Crippen LogP contribution in [0.3, 0.4) is 0 Å².